The topological polar surface area (TPSA) is 15.7 Å². The van der Waals surface area contributed by atoms with Crippen molar-refractivity contribution in [3.8, 4) is 12.3 Å². The Hall–Kier alpha value is -0.770. The Morgan fingerprint density at radius 2 is 2.17 bits per heavy atom. The van der Waals surface area contributed by atoms with Gasteiger partial charge in [0.1, 0.15) is 6.73 Å². The van der Waals surface area contributed by atoms with Crippen LogP contribution in [0, 0.1) is 12.3 Å². The molecule has 6 heteroatoms. The maximum Gasteiger partial charge on any atom is 0.463 e. The molecule has 1 aliphatic heterocycles. The Morgan fingerprint density at radius 3 is 2.58 bits per heavy atom. The highest BCUT2D eigenvalue weighted by molar-refractivity contribution is 4.86. The Balaban J connectivity index is 2.42. The fraction of sp³-hybridized carbons (Fsp3) is 0.667. The molecule has 0 N–H and O–H groups in total. The highest BCUT2D eigenvalue weighted by Gasteiger charge is 2.41. The van der Waals surface area contributed by atoms with E-state index in [1.54, 1.807) is 0 Å². The average Bonchev–Trinajstić information content (AvgIpc) is 2.35. The van der Waals surface area contributed by atoms with Gasteiger partial charge in [0.15, 0.2) is 0 Å². The SMILES string of the molecule is C#CCN1CN(C(F)(F)F)CO1. The summed E-state index contributed by atoms with van der Waals surface area (Å²) in [6, 6.07) is 0. The lowest BCUT2D eigenvalue weighted by atomic mass is 10.6. The number of hydrogen-bond donors (Lipinski definition) is 0. The second-order valence-electron chi connectivity index (χ2n) is 2.25. The van der Waals surface area contributed by atoms with Gasteiger partial charge in [0.2, 0.25) is 0 Å². The number of nitrogens with zero attached hydrogens (tertiary/aromatic N) is 2. The lowest BCUT2D eigenvalue weighted by molar-refractivity contribution is -0.245. The smallest absolute Gasteiger partial charge is 0.281 e. The molecular formula is C6H7F3N2O. The van der Waals surface area contributed by atoms with Gasteiger partial charge in [0.25, 0.3) is 0 Å². The zero-order chi connectivity index (χ0) is 9.19. The van der Waals surface area contributed by atoms with Crippen molar-refractivity contribution in [1.29, 1.82) is 0 Å². The van der Waals surface area contributed by atoms with Gasteiger partial charge in [-0.3, -0.25) is 4.84 Å². The van der Waals surface area contributed by atoms with Crippen molar-refractivity contribution in [1.82, 2.24) is 9.96 Å². The number of alkyl halides is 3. The predicted molar refractivity (Wildman–Crippen MR) is 34.3 cm³/mol. The lowest BCUT2D eigenvalue weighted by Crippen LogP contribution is -2.37. The molecule has 0 atom stereocenters. The zero-order valence-electron chi connectivity index (χ0n) is 6.14. The van der Waals surface area contributed by atoms with Gasteiger partial charge in [-0.2, -0.15) is 23.1 Å². The van der Waals surface area contributed by atoms with Crippen molar-refractivity contribution >= 4 is 0 Å². The Kier molecular flexibility index (Phi) is 2.57. The summed E-state index contributed by atoms with van der Waals surface area (Å²) < 4.78 is 35.8. The number of terminal acetylenes is 1. The molecule has 0 unspecified atom stereocenters. The molecule has 0 aromatic heterocycles. The van der Waals surface area contributed by atoms with Gasteiger partial charge in [-0.25, -0.2) is 0 Å². The molecule has 3 nitrogen and oxygen atoms in total. The number of halogens is 3. The van der Waals surface area contributed by atoms with E-state index in [1.807, 2.05) is 0 Å². The average molecular weight is 180 g/mol. The van der Waals surface area contributed by atoms with Crippen LogP contribution < -0.4 is 0 Å². The summed E-state index contributed by atoms with van der Waals surface area (Å²) in [5.74, 6) is 2.19. The largest absolute Gasteiger partial charge is 0.463 e. The van der Waals surface area contributed by atoms with Crippen LogP contribution >= 0.6 is 0 Å². The summed E-state index contributed by atoms with van der Waals surface area (Å²) in [6.45, 7) is -0.745. The van der Waals surface area contributed by atoms with Gasteiger partial charge in [0.05, 0.1) is 13.2 Å². The summed E-state index contributed by atoms with van der Waals surface area (Å²) in [5.41, 5.74) is 0. The minimum atomic E-state index is -4.34. The maximum absolute atomic E-state index is 11.9. The molecule has 12 heavy (non-hydrogen) atoms. The van der Waals surface area contributed by atoms with Gasteiger partial charge in [0, 0.05) is 0 Å². The van der Waals surface area contributed by atoms with E-state index in [0.29, 0.717) is 0 Å². The maximum atomic E-state index is 11.9. The van der Waals surface area contributed by atoms with Crippen molar-refractivity contribution in [2.45, 2.75) is 6.30 Å². The van der Waals surface area contributed by atoms with Crippen molar-refractivity contribution in [2.75, 3.05) is 19.9 Å². The van der Waals surface area contributed by atoms with Crippen molar-refractivity contribution in [3.05, 3.63) is 0 Å². The van der Waals surface area contributed by atoms with Crippen molar-refractivity contribution < 1.29 is 18.0 Å². The molecule has 0 radical (unpaired) electrons. The second-order valence-corrected chi connectivity index (χ2v) is 2.25. The highest BCUT2D eigenvalue weighted by Crippen LogP contribution is 2.24. The van der Waals surface area contributed by atoms with Crippen molar-refractivity contribution in [2.24, 2.45) is 0 Å². The fourth-order valence-electron chi connectivity index (χ4n) is 0.774. The molecule has 1 fully saturated rings. The molecule has 1 aliphatic rings. The summed E-state index contributed by atoms with van der Waals surface area (Å²) in [5, 5.41) is 1.08. The fourth-order valence-corrected chi connectivity index (χ4v) is 0.774. The van der Waals surface area contributed by atoms with Gasteiger partial charge < -0.3 is 0 Å². The molecule has 0 aliphatic carbocycles. The molecule has 0 bridgehead atoms. The second kappa shape index (κ2) is 3.31. The first kappa shape index (κ1) is 9.32. The van der Waals surface area contributed by atoms with Crippen LogP contribution in [0.1, 0.15) is 0 Å². The van der Waals surface area contributed by atoms with Gasteiger partial charge in [-0.15, -0.1) is 6.42 Å². The summed E-state index contributed by atoms with van der Waals surface area (Å²) in [6.07, 6.45) is 0.548. The van der Waals surface area contributed by atoms with Gasteiger partial charge in [-0.1, -0.05) is 5.92 Å². The van der Waals surface area contributed by atoms with Crippen LogP contribution in [-0.2, 0) is 4.84 Å². The Bertz CT molecular complexity index is 198. The first-order valence-corrected chi connectivity index (χ1v) is 3.17. The number of rotatable bonds is 1. The minimum absolute atomic E-state index is 0.0621. The van der Waals surface area contributed by atoms with Gasteiger partial charge >= 0.3 is 6.30 Å². The Labute approximate surface area is 67.6 Å². The third-order valence-electron chi connectivity index (χ3n) is 1.35. The lowest BCUT2D eigenvalue weighted by Gasteiger charge is -2.16. The van der Waals surface area contributed by atoms with Crippen LogP contribution in [0.4, 0.5) is 13.2 Å². The van der Waals surface area contributed by atoms with E-state index >= 15 is 0 Å². The van der Waals surface area contributed by atoms with E-state index in [1.165, 1.54) is 0 Å². The number of hydrogen-bond acceptors (Lipinski definition) is 3. The molecule has 1 saturated heterocycles. The van der Waals surface area contributed by atoms with Crippen LogP contribution in [0.25, 0.3) is 0 Å². The molecule has 0 saturated carbocycles. The van der Waals surface area contributed by atoms with E-state index in [2.05, 4.69) is 10.8 Å². The summed E-state index contributed by atoms with van der Waals surface area (Å²) >= 11 is 0. The van der Waals surface area contributed by atoms with Gasteiger partial charge in [-0.05, 0) is 0 Å². The molecule has 0 amide bonds. The molecule has 1 rings (SSSR count). The molecule has 0 aromatic rings. The molecular weight excluding hydrogens is 173 g/mol. The molecule has 0 spiro atoms. The monoisotopic (exact) mass is 180 g/mol. The van der Waals surface area contributed by atoms with Crippen LogP contribution in [-0.4, -0.2) is 36.2 Å². The third kappa shape index (κ3) is 2.11. The highest BCUT2D eigenvalue weighted by atomic mass is 19.4. The normalized spacial score (nSPS) is 21.2. The van der Waals surface area contributed by atoms with E-state index < -0.39 is 13.0 Å². The van der Waals surface area contributed by atoms with E-state index in [4.69, 9.17) is 6.42 Å². The van der Waals surface area contributed by atoms with E-state index in [0.717, 1.165) is 5.06 Å². The van der Waals surface area contributed by atoms with Crippen LogP contribution in [0.5, 0.6) is 0 Å². The van der Waals surface area contributed by atoms with E-state index in [9.17, 15) is 13.2 Å². The molecule has 1 heterocycles. The number of hydroxylamine groups is 2. The first-order valence-electron chi connectivity index (χ1n) is 3.17. The van der Waals surface area contributed by atoms with Crippen LogP contribution in [0.15, 0.2) is 0 Å². The Morgan fingerprint density at radius 1 is 1.50 bits per heavy atom. The first-order chi connectivity index (χ1) is 5.54. The molecule has 68 valence electrons. The quantitative estimate of drug-likeness (QED) is 0.434. The zero-order valence-corrected chi connectivity index (χ0v) is 6.14. The van der Waals surface area contributed by atoms with Crippen LogP contribution in [0.3, 0.4) is 0 Å². The summed E-state index contributed by atoms with van der Waals surface area (Å²) in [4.78, 5) is 4.86. The predicted octanol–water partition coefficient (Wildman–Crippen LogP) is 0.604. The standard InChI is InChI=1S/C6H7F3N2O/c1-2-3-11-4-10(5-12-11)6(7,8)9/h1H,3-5H2. The van der Waals surface area contributed by atoms with Crippen LogP contribution in [0.2, 0.25) is 0 Å². The summed E-state index contributed by atoms with van der Waals surface area (Å²) in [7, 11) is 0. The van der Waals surface area contributed by atoms with E-state index in [-0.39, 0.29) is 18.1 Å². The minimum Gasteiger partial charge on any atom is -0.281 e. The third-order valence-corrected chi connectivity index (χ3v) is 1.35. The van der Waals surface area contributed by atoms with Crippen molar-refractivity contribution in [3.63, 3.8) is 0 Å². The molecule has 0 aromatic carbocycles.